The van der Waals surface area contributed by atoms with E-state index in [1.165, 1.54) is 24.7 Å². The van der Waals surface area contributed by atoms with Gasteiger partial charge < -0.3 is 10.5 Å². The number of rotatable bonds is 4. The summed E-state index contributed by atoms with van der Waals surface area (Å²) in [6.45, 7) is 6.10. The second kappa shape index (κ2) is 6.93. The van der Waals surface area contributed by atoms with E-state index in [-0.39, 0.29) is 5.41 Å². The van der Waals surface area contributed by atoms with Crippen molar-refractivity contribution >= 4 is 5.82 Å². The Hall–Kier alpha value is -2.13. The van der Waals surface area contributed by atoms with Crippen LogP contribution in [-0.4, -0.2) is 52.0 Å². The van der Waals surface area contributed by atoms with E-state index in [0.29, 0.717) is 35.2 Å². The van der Waals surface area contributed by atoms with Gasteiger partial charge in [-0.25, -0.2) is 4.98 Å². The number of piperidine rings is 1. The van der Waals surface area contributed by atoms with Gasteiger partial charge in [0.2, 0.25) is 0 Å². The highest BCUT2D eigenvalue weighted by atomic mass is 19.4. The predicted molar refractivity (Wildman–Crippen MR) is 113 cm³/mol. The van der Waals surface area contributed by atoms with Gasteiger partial charge in [-0.2, -0.15) is 18.3 Å². The molecule has 2 saturated heterocycles. The number of likely N-dealkylation sites (tertiary alicyclic amines) is 1. The summed E-state index contributed by atoms with van der Waals surface area (Å²) in [4.78, 5) is 6.37. The van der Waals surface area contributed by atoms with Crippen molar-refractivity contribution in [1.29, 1.82) is 0 Å². The molecule has 4 aliphatic rings. The van der Waals surface area contributed by atoms with Gasteiger partial charge in [0.25, 0.3) is 0 Å². The Balaban J connectivity index is 1.35. The Labute approximate surface area is 184 Å². The zero-order valence-electron chi connectivity index (χ0n) is 18.1. The molecule has 0 radical (unpaired) electrons. The first-order chi connectivity index (χ1) is 15.3. The topological polar surface area (TPSA) is 69.2 Å². The van der Waals surface area contributed by atoms with E-state index in [1.807, 2.05) is 6.07 Å². The molecule has 3 unspecified atom stereocenters. The second-order valence-electron chi connectivity index (χ2n) is 10.2. The van der Waals surface area contributed by atoms with Gasteiger partial charge in [-0.3, -0.25) is 9.58 Å². The number of anilines is 1. The van der Waals surface area contributed by atoms with Crippen LogP contribution in [0.25, 0.3) is 11.3 Å². The minimum absolute atomic E-state index is 0.194. The van der Waals surface area contributed by atoms with E-state index in [9.17, 15) is 13.2 Å². The van der Waals surface area contributed by atoms with Crippen LogP contribution in [0.1, 0.15) is 55.8 Å². The van der Waals surface area contributed by atoms with Gasteiger partial charge in [-0.1, -0.05) is 19.8 Å². The summed E-state index contributed by atoms with van der Waals surface area (Å²) in [6.07, 6.45) is 1.34. The molecule has 2 aliphatic carbocycles. The zero-order chi connectivity index (χ0) is 22.3. The van der Waals surface area contributed by atoms with Crippen LogP contribution in [0.2, 0.25) is 0 Å². The third-order valence-electron chi connectivity index (χ3n) is 8.24. The van der Waals surface area contributed by atoms with Crippen molar-refractivity contribution in [3.8, 4) is 11.3 Å². The lowest BCUT2D eigenvalue weighted by atomic mass is 10.0. The Kier molecular flexibility index (Phi) is 4.44. The summed E-state index contributed by atoms with van der Waals surface area (Å²) in [5.41, 5.74) is 6.90. The summed E-state index contributed by atoms with van der Waals surface area (Å²) in [5.74, 6) is 0.453. The van der Waals surface area contributed by atoms with Crippen molar-refractivity contribution in [1.82, 2.24) is 19.7 Å². The summed E-state index contributed by atoms with van der Waals surface area (Å²) in [5, 5.41) is 4.85. The van der Waals surface area contributed by atoms with Crippen molar-refractivity contribution < 1.29 is 17.9 Å². The standard InChI is InChI=1S/C23H28F3N5O/c1-22-12-30(15-10-32-11-15)9-17(22)20(22)19-7-18(29-31(19)14-4-2-3-5-14)13-6-16(23(24,25)26)21(27)28-8-13/h6-8,14-15,17,20H,2-5,9-12H2,1H3,(H2,27,28). The maximum absolute atomic E-state index is 13.4. The van der Waals surface area contributed by atoms with Gasteiger partial charge >= 0.3 is 6.18 Å². The van der Waals surface area contributed by atoms with Crippen LogP contribution in [0.3, 0.4) is 0 Å². The first kappa shape index (κ1) is 20.5. The van der Waals surface area contributed by atoms with Crippen molar-refractivity contribution in [3.63, 3.8) is 0 Å². The number of pyridine rings is 1. The number of hydrogen-bond acceptors (Lipinski definition) is 5. The molecule has 9 heteroatoms. The molecule has 2 aromatic heterocycles. The van der Waals surface area contributed by atoms with Crippen LogP contribution in [0.15, 0.2) is 18.3 Å². The van der Waals surface area contributed by atoms with Gasteiger partial charge in [-0.15, -0.1) is 0 Å². The molecule has 6 nitrogen and oxygen atoms in total. The molecule has 2 aromatic rings. The largest absolute Gasteiger partial charge is 0.419 e. The molecule has 0 aromatic carbocycles. The smallest absolute Gasteiger partial charge is 0.383 e. The lowest BCUT2D eigenvalue weighted by Crippen LogP contribution is -2.49. The molecule has 0 bridgehead atoms. The summed E-state index contributed by atoms with van der Waals surface area (Å²) in [7, 11) is 0. The molecular formula is C23H28F3N5O. The number of ether oxygens (including phenoxy) is 1. The fourth-order valence-corrected chi connectivity index (χ4v) is 6.27. The molecule has 2 aliphatic heterocycles. The van der Waals surface area contributed by atoms with Crippen LogP contribution in [-0.2, 0) is 10.9 Å². The summed E-state index contributed by atoms with van der Waals surface area (Å²) in [6, 6.07) is 3.96. The minimum Gasteiger partial charge on any atom is -0.383 e. The fourth-order valence-electron chi connectivity index (χ4n) is 6.27. The van der Waals surface area contributed by atoms with E-state index in [1.54, 1.807) is 0 Å². The minimum atomic E-state index is -4.54. The van der Waals surface area contributed by atoms with E-state index in [0.717, 1.165) is 45.2 Å². The Morgan fingerprint density at radius 1 is 1.16 bits per heavy atom. The number of fused-ring (bicyclic) bond motifs is 1. The number of hydrogen-bond donors (Lipinski definition) is 1. The lowest BCUT2D eigenvalue weighted by molar-refractivity contribution is -0.137. The zero-order valence-corrected chi connectivity index (χ0v) is 18.1. The maximum Gasteiger partial charge on any atom is 0.419 e. The molecule has 6 rings (SSSR count). The van der Waals surface area contributed by atoms with Gasteiger partial charge in [0.15, 0.2) is 0 Å². The Morgan fingerprint density at radius 2 is 1.91 bits per heavy atom. The molecule has 4 heterocycles. The van der Waals surface area contributed by atoms with Gasteiger partial charge in [-0.05, 0) is 36.3 Å². The Bertz CT molecular complexity index is 1040. The first-order valence-corrected chi connectivity index (χ1v) is 11.5. The van der Waals surface area contributed by atoms with Gasteiger partial charge in [0.1, 0.15) is 5.82 Å². The van der Waals surface area contributed by atoms with Crippen molar-refractivity contribution in [3.05, 3.63) is 29.6 Å². The van der Waals surface area contributed by atoms with E-state index < -0.39 is 17.6 Å². The van der Waals surface area contributed by atoms with E-state index in [2.05, 4.69) is 21.5 Å². The number of nitrogens with two attached hydrogens (primary N) is 1. The third kappa shape index (κ3) is 3.08. The maximum atomic E-state index is 13.4. The fraction of sp³-hybridized carbons (Fsp3) is 0.652. The first-order valence-electron chi connectivity index (χ1n) is 11.5. The number of nitrogens with zero attached hydrogens (tertiary/aromatic N) is 4. The number of nitrogen functional groups attached to an aromatic ring is 1. The highest BCUT2D eigenvalue weighted by Crippen LogP contribution is 2.69. The van der Waals surface area contributed by atoms with Crippen LogP contribution < -0.4 is 5.73 Å². The average molecular weight is 448 g/mol. The SMILES string of the molecule is CC12CN(C3COC3)CC1C2c1cc(-c2cnc(N)c(C(F)(F)F)c2)nn1C1CCCC1. The number of halogens is 3. The molecule has 3 atom stereocenters. The molecule has 0 spiro atoms. The van der Waals surface area contributed by atoms with Crippen molar-refractivity contribution in [2.75, 3.05) is 32.0 Å². The van der Waals surface area contributed by atoms with Crippen LogP contribution >= 0.6 is 0 Å². The summed E-state index contributed by atoms with van der Waals surface area (Å²) < 4.78 is 47.7. The van der Waals surface area contributed by atoms with Crippen LogP contribution in [0, 0.1) is 11.3 Å². The van der Waals surface area contributed by atoms with Gasteiger partial charge in [0, 0.05) is 36.5 Å². The normalized spacial score (nSPS) is 31.1. The molecule has 4 fully saturated rings. The van der Waals surface area contributed by atoms with E-state index in [4.69, 9.17) is 15.6 Å². The molecular weight excluding hydrogens is 419 g/mol. The summed E-state index contributed by atoms with van der Waals surface area (Å²) >= 11 is 0. The number of alkyl halides is 3. The van der Waals surface area contributed by atoms with E-state index >= 15 is 0 Å². The molecule has 0 amide bonds. The monoisotopic (exact) mass is 447 g/mol. The quantitative estimate of drug-likeness (QED) is 0.765. The van der Waals surface area contributed by atoms with Crippen molar-refractivity contribution in [2.45, 2.75) is 56.8 Å². The molecule has 172 valence electrons. The van der Waals surface area contributed by atoms with Crippen LogP contribution in [0.5, 0.6) is 0 Å². The molecule has 2 N–H and O–H groups in total. The second-order valence-corrected chi connectivity index (χ2v) is 10.2. The van der Waals surface area contributed by atoms with Crippen LogP contribution in [0.4, 0.5) is 19.0 Å². The highest BCUT2D eigenvalue weighted by molar-refractivity contribution is 5.63. The number of aromatic nitrogens is 3. The molecule has 32 heavy (non-hydrogen) atoms. The third-order valence-corrected chi connectivity index (χ3v) is 8.24. The van der Waals surface area contributed by atoms with Crippen molar-refractivity contribution in [2.24, 2.45) is 11.3 Å². The predicted octanol–water partition coefficient (Wildman–Crippen LogP) is 4.10. The average Bonchev–Trinajstić information content (AvgIpc) is 3.21. The van der Waals surface area contributed by atoms with Gasteiger partial charge in [0.05, 0.1) is 36.6 Å². The highest BCUT2D eigenvalue weighted by Gasteiger charge is 2.68. The Morgan fingerprint density at radius 3 is 2.50 bits per heavy atom. The lowest BCUT2D eigenvalue weighted by Gasteiger charge is -2.36. The molecule has 2 saturated carbocycles.